The summed E-state index contributed by atoms with van der Waals surface area (Å²) in [6, 6.07) is 37.2. The highest BCUT2D eigenvalue weighted by Crippen LogP contribution is 2.43. The Morgan fingerprint density at radius 3 is 1.97 bits per heavy atom. The van der Waals surface area contributed by atoms with Crippen molar-refractivity contribution in [2.24, 2.45) is 5.16 Å². The molecule has 17 nitrogen and oxygen atoms in total. The summed E-state index contributed by atoms with van der Waals surface area (Å²) in [5.41, 5.74) is 12.2. The van der Waals surface area contributed by atoms with Crippen molar-refractivity contribution in [3.63, 3.8) is 0 Å². The maximum atomic E-state index is 14.7. The first-order chi connectivity index (χ1) is 34.5. The summed E-state index contributed by atoms with van der Waals surface area (Å²) >= 11 is 3.77. The van der Waals surface area contributed by atoms with Gasteiger partial charge in [-0.3, -0.25) is 14.5 Å². The Balaban J connectivity index is 1.10. The van der Waals surface area contributed by atoms with Gasteiger partial charge in [-0.1, -0.05) is 120 Å². The number of oxime groups is 1. The molecule has 1 saturated heterocycles. The zero-order valence-electron chi connectivity index (χ0n) is 40.3. The highest BCUT2D eigenvalue weighted by Gasteiger charge is 2.55. The van der Waals surface area contributed by atoms with E-state index in [0.29, 0.717) is 22.0 Å². The van der Waals surface area contributed by atoms with Crippen molar-refractivity contribution in [3.05, 3.63) is 166 Å². The number of esters is 2. The number of nitrogen functional groups attached to an aromatic ring is 2. The number of hydrogen-bond acceptors (Lipinski definition) is 18. The maximum absolute atomic E-state index is 14.7. The minimum atomic E-state index is -1.66. The fourth-order valence-electron chi connectivity index (χ4n) is 7.79. The molecule has 2 aliphatic rings. The number of carbonyl (C=O) groups is 4. The number of fused-ring (bicyclic) bond motifs is 1. The lowest BCUT2D eigenvalue weighted by Crippen LogP contribution is -2.71. The van der Waals surface area contributed by atoms with Gasteiger partial charge in [-0.15, -0.1) is 23.1 Å². The topological polar surface area (TPSA) is 236 Å². The number of β-lactam (4-membered cyclic amide) rings is 1. The van der Waals surface area contributed by atoms with Crippen molar-refractivity contribution in [3.8, 4) is 5.75 Å². The van der Waals surface area contributed by atoms with Gasteiger partial charge in [0.05, 0.1) is 7.11 Å². The average molecular weight is 1030 g/mol. The number of nitrogens with two attached hydrogens (primary N) is 2. The van der Waals surface area contributed by atoms with E-state index in [2.05, 4.69) is 25.8 Å². The maximum Gasteiger partial charge on any atom is 0.355 e. The fourth-order valence-corrected chi connectivity index (χ4v) is 10.9. The smallest absolute Gasteiger partial charge is 0.355 e. The molecule has 0 spiro atoms. The first-order valence-electron chi connectivity index (χ1n) is 22.7. The fraction of sp³-hybridized carbons (Fsp3) is 0.269. The normalized spacial score (nSPS) is 16.0. The molecule has 2 aromatic heterocycles. The zero-order valence-corrected chi connectivity index (χ0v) is 42.7. The first-order valence-corrected chi connectivity index (χ1v) is 25.6. The van der Waals surface area contributed by atoms with Crippen LogP contribution in [0.3, 0.4) is 0 Å². The summed E-state index contributed by atoms with van der Waals surface area (Å²) < 4.78 is 16.7. The second kappa shape index (κ2) is 21.5. The van der Waals surface area contributed by atoms with Gasteiger partial charge in [-0.25, -0.2) is 24.5 Å². The Morgan fingerprint density at radius 2 is 1.42 bits per heavy atom. The number of benzene rings is 4. The number of nitrogens with one attached hydrogen (secondary N) is 2. The number of carbonyl (C=O) groups excluding carboxylic acids is 4. The number of hydrogen-bond donors (Lipinski definition) is 4. The molecule has 2 atom stereocenters. The molecule has 0 radical (unpaired) electrons. The van der Waals surface area contributed by atoms with Crippen LogP contribution in [0.25, 0.3) is 0 Å². The lowest BCUT2D eigenvalue weighted by atomic mass is 9.77. The SMILES string of the molecule is COc1ccc(COC(=O)C2=C(CSc3nc(N)cc(N)n3)CSC3C(NC(=O)/C(=N\OC(C)(C)C(=O)OC(C)(C)C)c4csc(NC(c5ccccc5)(c5ccccc5)c5ccccc5)n4)C(=O)N23)cc1. The van der Waals surface area contributed by atoms with Gasteiger partial charge in [0.1, 0.15) is 57.9 Å². The van der Waals surface area contributed by atoms with Crippen molar-refractivity contribution in [1.82, 2.24) is 25.2 Å². The number of amides is 2. The molecule has 0 saturated carbocycles. The van der Waals surface area contributed by atoms with Crippen molar-refractivity contribution >= 4 is 81.1 Å². The van der Waals surface area contributed by atoms with Crippen LogP contribution in [0.4, 0.5) is 16.8 Å². The number of ether oxygens (including phenoxy) is 3. The lowest BCUT2D eigenvalue weighted by Gasteiger charge is -2.49. The quantitative estimate of drug-likeness (QED) is 0.0124. The highest BCUT2D eigenvalue weighted by atomic mass is 32.2. The number of thioether (sulfide) groups is 2. The number of aromatic nitrogens is 3. The summed E-state index contributed by atoms with van der Waals surface area (Å²) in [6.07, 6.45) is 0. The molecule has 20 heteroatoms. The molecule has 1 fully saturated rings. The average Bonchev–Trinajstić information content (AvgIpc) is 3.83. The van der Waals surface area contributed by atoms with E-state index in [1.54, 1.807) is 57.5 Å². The van der Waals surface area contributed by atoms with Gasteiger partial charge in [0.15, 0.2) is 16.0 Å². The Hall–Kier alpha value is -7.42. The molecule has 72 heavy (non-hydrogen) atoms. The summed E-state index contributed by atoms with van der Waals surface area (Å²) in [7, 11) is 1.55. The van der Waals surface area contributed by atoms with Gasteiger partial charge in [-0.05, 0) is 74.6 Å². The van der Waals surface area contributed by atoms with Crippen LogP contribution in [-0.4, -0.2) is 90.5 Å². The Bertz CT molecular complexity index is 2890. The van der Waals surface area contributed by atoms with Crippen molar-refractivity contribution in [2.45, 2.75) is 74.5 Å². The van der Waals surface area contributed by atoms with Crippen LogP contribution in [0.2, 0.25) is 0 Å². The van der Waals surface area contributed by atoms with Crippen LogP contribution < -0.4 is 26.8 Å². The summed E-state index contributed by atoms with van der Waals surface area (Å²) in [5, 5.41) is 12.5. The molecule has 4 aromatic carbocycles. The van der Waals surface area contributed by atoms with Crippen molar-refractivity contribution in [1.29, 1.82) is 0 Å². The van der Waals surface area contributed by atoms with Crippen molar-refractivity contribution < 1.29 is 38.2 Å². The highest BCUT2D eigenvalue weighted by molar-refractivity contribution is 8.01. The minimum Gasteiger partial charge on any atom is -0.497 e. The largest absolute Gasteiger partial charge is 0.497 e. The van der Waals surface area contributed by atoms with Gasteiger partial charge in [0.25, 0.3) is 11.8 Å². The third-order valence-corrected chi connectivity index (χ3v) is 14.3. The summed E-state index contributed by atoms with van der Waals surface area (Å²) in [5.74, 6) is -1.39. The van der Waals surface area contributed by atoms with E-state index in [0.717, 1.165) is 16.7 Å². The number of methoxy groups -OCH3 is 1. The van der Waals surface area contributed by atoms with Crippen LogP contribution in [0, 0.1) is 0 Å². The van der Waals surface area contributed by atoms with Gasteiger partial charge >= 0.3 is 11.9 Å². The third kappa shape index (κ3) is 11.4. The zero-order chi connectivity index (χ0) is 51.2. The molecular weight excluding hydrogens is 975 g/mol. The second-order valence-corrected chi connectivity index (χ2v) is 21.0. The van der Waals surface area contributed by atoms with Crippen LogP contribution in [0.1, 0.15) is 62.6 Å². The molecule has 2 unspecified atom stereocenters. The van der Waals surface area contributed by atoms with Crippen LogP contribution in [-0.2, 0) is 45.6 Å². The second-order valence-electron chi connectivity index (χ2n) is 18.1. The molecule has 2 amide bonds. The van der Waals surface area contributed by atoms with E-state index in [9.17, 15) is 19.2 Å². The number of rotatable bonds is 18. The van der Waals surface area contributed by atoms with Gasteiger partial charge < -0.3 is 41.1 Å². The lowest BCUT2D eigenvalue weighted by molar-refractivity contribution is -0.179. The monoisotopic (exact) mass is 1030 g/mol. The van der Waals surface area contributed by atoms with Crippen LogP contribution >= 0.6 is 34.9 Å². The minimum absolute atomic E-state index is 0.0393. The van der Waals surface area contributed by atoms with E-state index in [-0.39, 0.29) is 52.0 Å². The predicted octanol–water partition coefficient (Wildman–Crippen LogP) is 7.54. The number of anilines is 3. The van der Waals surface area contributed by atoms with Crippen LogP contribution in [0.5, 0.6) is 5.75 Å². The van der Waals surface area contributed by atoms with E-state index in [1.807, 2.05) is 91.0 Å². The third-order valence-electron chi connectivity index (χ3n) is 11.3. The van der Waals surface area contributed by atoms with Crippen LogP contribution in [0.15, 0.2) is 148 Å². The van der Waals surface area contributed by atoms with Crippen molar-refractivity contribution in [2.75, 3.05) is 35.4 Å². The molecule has 2 aliphatic heterocycles. The standard InChI is InChI=1S/C52H53N9O8S3/c1-50(2,3)68-47(65)51(4,5)69-60-40(37-30-72-49(55-37)59-52(33-16-10-7-11-17-33,34-18-12-8-13-19-34)35-20-14-9-15-21-35)43(62)58-41-44(63)61-42(46(64)67-27-31-22-24-36(66-6)25-23-31)32(28-70-45(41)61)29-71-48-56-38(53)26-39(54)57-48/h7-26,30,41,45H,27-29H2,1-6H3,(H,55,59)(H,58,62)(H4,53,54,56,57)/b60-40-. The van der Waals surface area contributed by atoms with E-state index in [1.165, 1.54) is 59.7 Å². The molecule has 8 rings (SSSR count). The van der Waals surface area contributed by atoms with E-state index < -0.39 is 51.9 Å². The van der Waals surface area contributed by atoms with Gasteiger partial charge in [-0.2, -0.15) is 0 Å². The molecule has 6 aromatic rings. The molecular formula is C52H53N9O8S3. The summed E-state index contributed by atoms with van der Waals surface area (Å²) in [6.45, 7) is 8.03. The molecule has 4 heterocycles. The van der Waals surface area contributed by atoms with E-state index >= 15 is 0 Å². The Kier molecular flexibility index (Phi) is 15.2. The number of nitrogens with zero attached hydrogens (tertiary/aromatic N) is 5. The molecule has 6 N–H and O–H groups in total. The molecule has 0 bridgehead atoms. The number of thiazole rings is 1. The Labute approximate surface area is 429 Å². The first kappa shape index (κ1) is 51.0. The molecule has 0 aliphatic carbocycles. The van der Waals surface area contributed by atoms with Gasteiger partial charge in [0, 0.05) is 23.0 Å². The summed E-state index contributed by atoms with van der Waals surface area (Å²) in [4.78, 5) is 77.2. The predicted molar refractivity (Wildman–Crippen MR) is 279 cm³/mol. The van der Waals surface area contributed by atoms with Gasteiger partial charge in [0.2, 0.25) is 5.60 Å². The van der Waals surface area contributed by atoms with E-state index in [4.69, 9.17) is 35.5 Å². The molecule has 372 valence electrons. The Morgan fingerprint density at radius 1 is 0.833 bits per heavy atom.